The van der Waals surface area contributed by atoms with Gasteiger partial charge in [0.1, 0.15) is 5.92 Å². The lowest BCUT2D eigenvalue weighted by atomic mass is 9.96. The van der Waals surface area contributed by atoms with Crippen molar-refractivity contribution >= 4 is 5.91 Å². The van der Waals surface area contributed by atoms with Crippen LogP contribution in [0.2, 0.25) is 0 Å². The highest BCUT2D eigenvalue weighted by atomic mass is 19.4. The number of hydrogen-bond donors (Lipinski definition) is 0. The number of aromatic nitrogens is 3. The van der Waals surface area contributed by atoms with E-state index in [2.05, 4.69) is 10.2 Å². The van der Waals surface area contributed by atoms with Gasteiger partial charge in [-0.1, -0.05) is 13.8 Å². The molecule has 0 fully saturated rings. The van der Waals surface area contributed by atoms with E-state index in [1.807, 2.05) is 6.07 Å². The van der Waals surface area contributed by atoms with Crippen LogP contribution in [0.3, 0.4) is 0 Å². The third-order valence-electron chi connectivity index (χ3n) is 3.39. The van der Waals surface area contributed by atoms with E-state index in [4.69, 9.17) is 5.26 Å². The van der Waals surface area contributed by atoms with Crippen molar-refractivity contribution in [2.75, 3.05) is 6.54 Å². The largest absolute Gasteiger partial charge is 0.451 e. The van der Waals surface area contributed by atoms with Crippen LogP contribution >= 0.6 is 0 Å². The lowest BCUT2D eigenvalue weighted by Crippen LogP contribution is -2.43. The topological polar surface area (TPSA) is 74.8 Å². The van der Waals surface area contributed by atoms with E-state index in [1.54, 1.807) is 13.8 Å². The maximum absolute atomic E-state index is 12.7. The van der Waals surface area contributed by atoms with Gasteiger partial charge in [0, 0.05) is 13.1 Å². The van der Waals surface area contributed by atoms with E-state index < -0.39 is 17.9 Å². The second kappa shape index (κ2) is 5.35. The molecule has 1 atom stereocenters. The third kappa shape index (κ3) is 2.84. The van der Waals surface area contributed by atoms with Gasteiger partial charge in [0.05, 0.1) is 12.6 Å². The molecule has 1 aliphatic rings. The van der Waals surface area contributed by atoms with Crippen molar-refractivity contribution in [3.05, 3.63) is 11.6 Å². The predicted octanol–water partition coefficient (Wildman–Crippen LogP) is 1.43. The summed E-state index contributed by atoms with van der Waals surface area (Å²) in [4.78, 5) is 13.6. The lowest BCUT2D eigenvalue weighted by molar-refractivity contribution is -0.148. The quantitative estimate of drug-likeness (QED) is 0.828. The minimum atomic E-state index is -4.56. The Morgan fingerprint density at radius 2 is 2.00 bits per heavy atom. The Morgan fingerprint density at radius 1 is 1.33 bits per heavy atom. The van der Waals surface area contributed by atoms with Gasteiger partial charge in [-0.05, 0) is 5.92 Å². The van der Waals surface area contributed by atoms with Crippen LogP contribution in [0.5, 0.6) is 0 Å². The molecule has 0 radical (unpaired) electrons. The Morgan fingerprint density at radius 3 is 2.52 bits per heavy atom. The van der Waals surface area contributed by atoms with E-state index in [-0.39, 0.29) is 37.3 Å². The zero-order chi connectivity index (χ0) is 15.8. The normalized spacial score (nSPS) is 16.5. The summed E-state index contributed by atoms with van der Waals surface area (Å²) in [7, 11) is 0. The molecule has 0 aromatic carbocycles. The molecule has 21 heavy (non-hydrogen) atoms. The van der Waals surface area contributed by atoms with Gasteiger partial charge in [0.2, 0.25) is 11.7 Å². The Bertz CT molecular complexity index is 587. The first-order valence-corrected chi connectivity index (χ1v) is 6.43. The molecule has 114 valence electrons. The van der Waals surface area contributed by atoms with Gasteiger partial charge in [-0.3, -0.25) is 4.79 Å². The lowest BCUT2D eigenvalue weighted by Gasteiger charge is -2.30. The van der Waals surface area contributed by atoms with E-state index in [9.17, 15) is 18.0 Å². The number of carbonyl (C=O) groups is 1. The van der Waals surface area contributed by atoms with Crippen molar-refractivity contribution in [3.63, 3.8) is 0 Å². The Hall–Kier alpha value is -2.11. The number of rotatable bonds is 2. The summed E-state index contributed by atoms with van der Waals surface area (Å²) in [6.45, 7) is 3.52. The minimum absolute atomic E-state index is 0.0286. The van der Waals surface area contributed by atoms with Gasteiger partial charge in [-0.2, -0.15) is 18.4 Å². The molecular formula is C12H14F3N5O. The molecule has 1 unspecified atom stereocenters. The Kier molecular flexibility index (Phi) is 3.89. The highest BCUT2D eigenvalue weighted by Gasteiger charge is 2.40. The summed E-state index contributed by atoms with van der Waals surface area (Å²) in [5.41, 5.74) is 0. The monoisotopic (exact) mass is 301 g/mol. The van der Waals surface area contributed by atoms with Gasteiger partial charge in [-0.15, -0.1) is 10.2 Å². The van der Waals surface area contributed by atoms with Crippen LogP contribution in [-0.4, -0.2) is 32.1 Å². The van der Waals surface area contributed by atoms with E-state index in [1.165, 1.54) is 4.90 Å². The molecule has 1 aromatic heterocycles. The molecule has 1 aliphatic heterocycles. The summed E-state index contributed by atoms with van der Waals surface area (Å²) in [5.74, 6) is -2.31. The summed E-state index contributed by atoms with van der Waals surface area (Å²) in [6, 6.07) is 1.94. The molecular weight excluding hydrogens is 287 g/mol. The van der Waals surface area contributed by atoms with Crippen LogP contribution in [-0.2, 0) is 24.1 Å². The molecule has 2 heterocycles. The number of nitriles is 1. The van der Waals surface area contributed by atoms with Crippen LogP contribution < -0.4 is 0 Å². The molecule has 0 saturated carbocycles. The highest BCUT2D eigenvalue weighted by molar-refractivity contribution is 5.81. The minimum Gasteiger partial charge on any atom is -0.332 e. The zero-order valence-electron chi connectivity index (χ0n) is 11.6. The van der Waals surface area contributed by atoms with Gasteiger partial charge in [-0.25, -0.2) is 0 Å². The average molecular weight is 301 g/mol. The first-order chi connectivity index (χ1) is 9.75. The average Bonchev–Trinajstić information content (AvgIpc) is 2.81. The third-order valence-corrected chi connectivity index (χ3v) is 3.39. The summed E-state index contributed by atoms with van der Waals surface area (Å²) in [5, 5.41) is 15.7. The van der Waals surface area contributed by atoms with Crippen molar-refractivity contribution in [2.45, 2.75) is 33.1 Å². The number of halogens is 3. The highest BCUT2D eigenvalue weighted by Crippen LogP contribution is 2.29. The molecule has 1 amide bonds. The maximum atomic E-state index is 12.7. The fourth-order valence-electron chi connectivity index (χ4n) is 2.24. The zero-order valence-corrected chi connectivity index (χ0v) is 11.6. The predicted molar refractivity (Wildman–Crippen MR) is 64.4 cm³/mol. The molecule has 0 saturated heterocycles. The SMILES string of the molecule is CC(C)C(C#N)C(=O)N1CCn2c(nnc2C(F)(F)F)C1. The number of fused-ring (bicyclic) bond motifs is 1. The van der Waals surface area contributed by atoms with Crippen LogP contribution in [0.15, 0.2) is 0 Å². The Balaban J connectivity index is 2.20. The van der Waals surface area contributed by atoms with Crippen molar-refractivity contribution in [1.82, 2.24) is 19.7 Å². The Labute approximate surface area is 119 Å². The van der Waals surface area contributed by atoms with Crippen LogP contribution in [0.4, 0.5) is 13.2 Å². The standard InChI is InChI=1S/C12H14F3N5O/c1-7(2)8(5-16)10(21)19-3-4-20-9(6-19)17-18-11(20)12(13,14)15/h7-8H,3-4,6H2,1-2H3. The van der Waals surface area contributed by atoms with Crippen molar-refractivity contribution in [1.29, 1.82) is 5.26 Å². The van der Waals surface area contributed by atoms with E-state index in [0.29, 0.717) is 0 Å². The molecule has 0 aliphatic carbocycles. The number of carbonyl (C=O) groups excluding carboxylic acids is 1. The molecule has 1 aromatic rings. The maximum Gasteiger partial charge on any atom is 0.451 e. The summed E-state index contributed by atoms with van der Waals surface area (Å²) < 4.78 is 39.1. The fraction of sp³-hybridized carbons (Fsp3) is 0.667. The molecule has 6 nitrogen and oxygen atoms in total. The van der Waals surface area contributed by atoms with E-state index in [0.717, 1.165) is 4.57 Å². The number of hydrogen-bond acceptors (Lipinski definition) is 4. The number of nitrogens with zero attached hydrogens (tertiary/aromatic N) is 5. The summed E-state index contributed by atoms with van der Waals surface area (Å²) in [6.07, 6.45) is -4.56. The van der Waals surface area contributed by atoms with Crippen LogP contribution in [0.1, 0.15) is 25.5 Å². The van der Waals surface area contributed by atoms with E-state index >= 15 is 0 Å². The van der Waals surface area contributed by atoms with Crippen molar-refractivity contribution in [2.24, 2.45) is 11.8 Å². The second-order valence-corrected chi connectivity index (χ2v) is 5.20. The van der Waals surface area contributed by atoms with Crippen molar-refractivity contribution in [3.8, 4) is 6.07 Å². The molecule has 0 bridgehead atoms. The second-order valence-electron chi connectivity index (χ2n) is 5.20. The molecule has 9 heteroatoms. The molecule has 0 spiro atoms. The number of amides is 1. The number of alkyl halides is 3. The molecule has 2 rings (SSSR count). The summed E-state index contributed by atoms with van der Waals surface area (Å²) >= 11 is 0. The van der Waals surface area contributed by atoms with Gasteiger partial charge < -0.3 is 9.47 Å². The first kappa shape index (κ1) is 15.3. The van der Waals surface area contributed by atoms with Crippen LogP contribution in [0, 0.1) is 23.2 Å². The smallest absolute Gasteiger partial charge is 0.332 e. The molecule has 0 N–H and O–H groups in total. The van der Waals surface area contributed by atoms with Gasteiger partial charge in [0.15, 0.2) is 5.82 Å². The first-order valence-electron chi connectivity index (χ1n) is 6.43. The van der Waals surface area contributed by atoms with Crippen LogP contribution in [0.25, 0.3) is 0 Å². The van der Waals surface area contributed by atoms with Gasteiger partial charge >= 0.3 is 6.18 Å². The fourth-order valence-corrected chi connectivity index (χ4v) is 2.24. The van der Waals surface area contributed by atoms with Crippen molar-refractivity contribution < 1.29 is 18.0 Å². The van der Waals surface area contributed by atoms with Gasteiger partial charge in [0.25, 0.3) is 0 Å².